The molecule has 2 unspecified atom stereocenters. The molecular weight excluding hydrogens is 450 g/mol. The molecule has 2 fully saturated rings. The Bertz CT molecular complexity index is 878. The molecule has 9 nitrogen and oxygen atoms in total. The van der Waals surface area contributed by atoms with Crippen molar-refractivity contribution in [2.24, 2.45) is 11.7 Å². The molecule has 2 aliphatic rings. The molecule has 1 aliphatic heterocycles. The highest BCUT2D eigenvalue weighted by Gasteiger charge is 2.40. The maximum atomic E-state index is 13.3. The van der Waals surface area contributed by atoms with Crippen molar-refractivity contribution < 1.29 is 28.6 Å². The quantitative estimate of drug-likeness (QED) is 0.521. The van der Waals surface area contributed by atoms with Crippen molar-refractivity contribution in [2.75, 3.05) is 13.7 Å². The number of methoxy groups -OCH3 is 1. The summed E-state index contributed by atoms with van der Waals surface area (Å²) in [5.41, 5.74) is 5.94. The first-order valence-corrected chi connectivity index (χ1v) is 12.4. The molecule has 3 amide bonds. The van der Waals surface area contributed by atoms with Gasteiger partial charge in [0.2, 0.25) is 11.8 Å². The van der Waals surface area contributed by atoms with E-state index in [9.17, 15) is 14.4 Å². The maximum Gasteiger partial charge on any atom is 0.410 e. The second kappa shape index (κ2) is 11.7. The zero-order valence-electron chi connectivity index (χ0n) is 21.2. The van der Waals surface area contributed by atoms with E-state index < -0.39 is 35.8 Å². The molecule has 0 aromatic heterocycles. The molecule has 35 heavy (non-hydrogen) atoms. The largest absolute Gasteiger partial charge is 0.497 e. The van der Waals surface area contributed by atoms with Crippen molar-refractivity contribution in [3.63, 3.8) is 0 Å². The van der Waals surface area contributed by atoms with E-state index in [0.717, 1.165) is 30.6 Å². The monoisotopic (exact) mass is 489 g/mol. The van der Waals surface area contributed by atoms with Gasteiger partial charge in [0.15, 0.2) is 6.10 Å². The molecule has 1 heterocycles. The highest BCUT2D eigenvalue weighted by molar-refractivity contribution is 5.87. The van der Waals surface area contributed by atoms with Crippen LogP contribution >= 0.6 is 0 Å². The SMILES string of the molecule is COc1ccc(COC(C(N)=O)C(CC2CCC2)NC(=O)[C@@H]2CCCN2C(=O)OC(C)(C)C)cc1. The number of nitrogens with one attached hydrogen (secondary N) is 1. The fourth-order valence-electron chi connectivity index (χ4n) is 4.51. The molecule has 1 saturated carbocycles. The standard InChI is InChI=1S/C26H39N3O6/c1-26(2,3)35-25(32)29-14-6-9-21(29)24(31)28-20(15-17-7-5-8-17)22(23(27)30)34-16-18-10-12-19(33-4)13-11-18/h10-13,17,20-22H,5-9,14-16H2,1-4H3,(H2,27,30)(H,28,31)/t20?,21-,22?/m0/s1. The van der Waals surface area contributed by atoms with Crippen molar-refractivity contribution in [3.05, 3.63) is 29.8 Å². The van der Waals surface area contributed by atoms with Crippen molar-refractivity contribution in [1.29, 1.82) is 0 Å². The molecule has 3 atom stereocenters. The molecular formula is C26H39N3O6. The van der Waals surface area contributed by atoms with Gasteiger partial charge in [-0.3, -0.25) is 14.5 Å². The lowest BCUT2D eigenvalue weighted by Gasteiger charge is -2.34. The Hall–Kier alpha value is -2.81. The summed E-state index contributed by atoms with van der Waals surface area (Å²) < 4.78 is 16.6. The van der Waals surface area contributed by atoms with E-state index in [2.05, 4.69) is 5.32 Å². The van der Waals surface area contributed by atoms with Gasteiger partial charge in [0.25, 0.3) is 0 Å². The average Bonchev–Trinajstić information content (AvgIpc) is 3.25. The predicted molar refractivity (Wildman–Crippen MR) is 131 cm³/mol. The molecule has 1 aromatic rings. The van der Waals surface area contributed by atoms with Gasteiger partial charge in [-0.15, -0.1) is 0 Å². The first kappa shape index (κ1) is 26.8. The minimum atomic E-state index is -0.988. The number of ether oxygens (including phenoxy) is 3. The molecule has 0 radical (unpaired) electrons. The van der Waals surface area contributed by atoms with Gasteiger partial charge < -0.3 is 25.3 Å². The van der Waals surface area contributed by atoms with E-state index in [4.69, 9.17) is 19.9 Å². The highest BCUT2D eigenvalue weighted by atomic mass is 16.6. The van der Waals surface area contributed by atoms with E-state index in [1.54, 1.807) is 27.9 Å². The van der Waals surface area contributed by atoms with Crippen LogP contribution in [0.3, 0.4) is 0 Å². The molecule has 0 spiro atoms. The Balaban J connectivity index is 1.70. The van der Waals surface area contributed by atoms with Crippen molar-refractivity contribution in [2.45, 2.75) is 89.7 Å². The van der Waals surface area contributed by atoms with Crippen LogP contribution in [0.5, 0.6) is 5.75 Å². The first-order chi connectivity index (χ1) is 16.6. The molecule has 1 aromatic carbocycles. The smallest absolute Gasteiger partial charge is 0.410 e. The summed E-state index contributed by atoms with van der Waals surface area (Å²) in [6.45, 7) is 6.00. The van der Waals surface area contributed by atoms with Gasteiger partial charge >= 0.3 is 6.09 Å². The molecule has 3 N–H and O–H groups in total. The molecule has 1 saturated heterocycles. The summed E-state index contributed by atoms with van der Waals surface area (Å²) >= 11 is 0. The number of amides is 3. The van der Waals surface area contributed by atoms with Crippen LogP contribution in [-0.4, -0.2) is 60.3 Å². The van der Waals surface area contributed by atoms with Gasteiger partial charge in [0, 0.05) is 6.54 Å². The fraction of sp³-hybridized carbons (Fsp3) is 0.654. The second-order valence-corrected chi connectivity index (χ2v) is 10.5. The van der Waals surface area contributed by atoms with Crippen molar-refractivity contribution in [3.8, 4) is 5.75 Å². The van der Waals surface area contributed by atoms with Crippen LogP contribution in [-0.2, 0) is 25.7 Å². The first-order valence-electron chi connectivity index (χ1n) is 12.4. The van der Waals surface area contributed by atoms with Gasteiger partial charge in [-0.2, -0.15) is 0 Å². The van der Waals surface area contributed by atoms with Crippen molar-refractivity contribution in [1.82, 2.24) is 10.2 Å². The number of nitrogens with two attached hydrogens (primary N) is 1. The average molecular weight is 490 g/mol. The topological polar surface area (TPSA) is 120 Å². The summed E-state index contributed by atoms with van der Waals surface area (Å²) in [6.07, 6.45) is 3.57. The van der Waals surface area contributed by atoms with E-state index in [1.807, 2.05) is 24.3 Å². The van der Waals surface area contributed by atoms with Gasteiger partial charge in [0.1, 0.15) is 17.4 Å². The number of benzene rings is 1. The van der Waals surface area contributed by atoms with Crippen LogP contribution in [0.1, 0.15) is 64.9 Å². The third-order valence-corrected chi connectivity index (χ3v) is 6.56. The number of carbonyl (C=O) groups excluding carboxylic acids is 3. The van der Waals surface area contributed by atoms with E-state index >= 15 is 0 Å². The summed E-state index contributed by atoms with van der Waals surface area (Å²) in [5, 5.41) is 3.01. The van der Waals surface area contributed by atoms with Gasteiger partial charge in [-0.1, -0.05) is 31.4 Å². The minimum absolute atomic E-state index is 0.169. The van der Waals surface area contributed by atoms with Gasteiger partial charge in [0.05, 0.1) is 19.8 Å². The van der Waals surface area contributed by atoms with Crippen LogP contribution in [0.4, 0.5) is 4.79 Å². The molecule has 194 valence electrons. The van der Waals surface area contributed by atoms with E-state index in [1.165, 1.54) is 4.90 Å². The van der Waals surface area contributed by atoms with Crippen LogP contribution in [0.25, 0.3) is 0 Å². The number of rotatable bonds is 10. The number of hydrogen-bond donors (Lipinski definition) is 2. The van der Waals surface area contributed by atoms with Gasteiger partial charge in [-0.05, 0) is 63.6 Å². The third kappa shape index (κ3) is 7.59. The maximum absolute atomic E-state index is 13.3. The Labute approximate surface area is 207 Å². The third-order valence-electron chi connectivity index (χ3n) is 6.56. The summed E-state index contributed by atoms with van der Waals surface area (Å²) in [7, 11) is 1.59. The zero-order chi connectivity index (χ0) is 25.6. The lowest BCUT2D eigenvalue weighted by Crippen LogP contribution is -2.56. The number of nitrogens with zero attached hydrogens (tertiary/aromatic N) is 1. The Morgan fingerprint density at radius 2 is 1.80 bits per heavy atom. The second-order valence-electron chi connectivity index (χ2n) is 10.5. The lowest BCUT2D eigenvalue weighted by atomic mass is 9.79. The normalized spacial score (nSPS) is 20.0. The number of primary amides is 1. The summed E-state index contributed by atoms with van der Waals surface area (Å²) in [6, 6.07) is 6.11. The Morgan fingerprint density at radius 1 is 1.11 bits per heavy atom. The van der Waals surface area contributed by atoms with Crippen LogP contribution in [0.2, 0.25) is 0 Å². The molecule has 1 aliphatic carbocycles. The molecule has 0 bridgehead atoms. The van der Waals surface area contributed by atoms with E-state index in [0.29, 0.717) is 31.7 Å². The Morgan fingerprint density at radius 3 is 2.34 bits per heavy atom. The zero-order valence-corrected chi connectivity index (χ0v) is 21.2. The highest BCUT2D eigenvalue weighted by Crippen LogP contribution is 2.32. The van der Waals surface area contributed by atoms with E-state index in [-0.39, 0.29) is 12.5 Å². The molecule has 9 heteroatoms. The van der Waals surface area contributed by atoms with Crippen molar-refractivity contribution >= 4 is 17.9 Å². The summed E-state index contributed by atoms with van der Waals surface area (Å²) in [4.78, 5) is 39.9. The predicted octanol–water partition coefficient (Wildman–Crippen LogP) is 3.14. The van der Waals surface area contributed by atoms with Crippen LogP contribution in [0.15, 0.2) is 24.3 Å². The van der Waals surface area contributed by atoms with Crippen LogP contribution in [0, 0.1) is 5.92 Å². The fourth-order valence-corrected chi connectivity index (χ4v) is 4.51. The van der Waals surface area contributed by atoms with Crippen LogP contribution < -0.4 is 15.8 Å². The molecule has 3 rings (SSSR count). The lowest BCUT2D eigenvalue weighted by molar-refractivity contribution is -0.136. The Kier molecular flexibility index (Phi) is 8.99. The number of carbonyl (C=O) groups is 3. The minimum Gasteiger partial charge on any atom is -0.497 e. The van der Waals surface area contributed by atoms with Gasteiger partial charge in [-0.25, -0.2) is 4.79 Å². The number of hydrogen-bond acceptors (Lipinski definition) is 6. The summed E-state index contributed by atoms with van der Waals surface area (Å²) in [5.74, 6) is 0.189. The number of likely N-dealkylation sites (tertiary alicyclic amines) is 1.